The summed E-state index contributed by atoms with van der Waals surface area (Å²) >= 11 is 4.51. The van der Waals surface area contributed by atoms with E-state index in [1.165, 1.54) is 41.6 Å². The Labute approximate surface area is 159 Å². The highest BCUT2D eigenvalue weighted by molar-refractivity contribution is 9.11. The van der Waals surface area contributed by atoms with Gasteiger partial charge in [0.05, 0.1) is 27.1 Å². The molecule has 0 saturated carbocycles. The lowest BCUT2D eigenvalue weighted by molar-refractivity contribution is -0.154. The van der Waals surface area contributed by atoms with Crippen LogP contribution in [0.25, 0.3) is 0 Å². The van der Waals surface area contributed by atoms with Gasteiger partial charge in [-0.2, -0.15) is 13.2 Å². The first-order valence-electron chi connectivity index (χ1n) is 7.10. The number of carbonyl (C=O) groups excluding carboxylic acids is 2. The van der Waals surface area contributed by atoms with Gasteiger partial charge in [0.25, 0.3) is 5.91 Å². The van der Waals surface area contributed by atoms with Crippen LogP contribution in [-0.2, 0) is 4.79 Å². The Kier molecular flexibility index (Phi) is 6.59. The van der Waals surface area contributed by atoms with Crippen molar-refractivity contribution in [2.24, 2.45) is 0 Å². The summed E-state index contributed by atoms with van der Waals surface area (Å²) in [6, 6.07) is 5.95. The summed E-state index contributed by atoms with van der Waals surface area (Å²) in [5.41, 5.74) is 0.272. The number of hydrogen-bond donors (Lipinski definition) is 1. The molecule has 2 rings (SSSR count). The SMILES string of the molecule is CN(CC(=O)Nc1ccc(OCC(F)(F)F)nc1)C(=O)c1ccc(Br)s1. The zero-order valence-electron chi connectivity index (χ0n) is 13.3. The molecule has 1 N–H and O–H groups in total. The molecule has 2 amide bonds. The molecule has 0 saturated heterocycles. The molecule has 0 spiro atoms. The number of alkyl halides is 3. The molecule has 0 aromatic carbocycles. The molecule has 0 atom stereocenters. The van der Waals surface area contributed by atoms with Crippen molar-refractivity contribution < 1.29 is 27.5 Å². The topological polar surface area (TPSA) is 71.5 Å². The van der Waals surface area contributed by atoms with Gasteiger partial charge in [-0.25, -0.2) is 4.98 Å². The number of amides is 2. The minimum Gasteiger partial charge on any atom is -0.468 e. The first-order chi connectivity index (χ1) is 12.1. The van der Waals surface area contributed by atoms with Crippen molar-refractivity contribution in [3.63, 3.8) is 0 Å². The van der Waals surface area contributed by atoms with Gasteiger partial charge < -0.3 is 15.0 Å². The highest BCUT2D eigenvalue weighted by Crippen LogP contribution is 2.23. The first kappa shape index (κ1) is 20.2. The molecule has 140 valence electrons. The summed E-state index contributed by atoms with van der Waals surface area (Å²) in [4.78, 5) is 29.6. The molecule has 2 heterocycles. The van der Waals surface area contributed by atoms with E-state index >= 15 is 0 Å². The van der Waals surface area contributed by atoms with Crippen LogP contribution in [0.5, 0.6) is 5.88 Å². The van der Waals surface area contributed by atoms with Crippen molar-refractivity contribution in [1.82, 2.24) is 9.88 Å². The van der Waals surface area contributed by atoms with Crippen LogP contribution in [0, 0.1) is 0 Å². The van der Waals surface area contributed by atoms with Gasteiger partial charge in [-0.1, -0.05) is 0 Å². The van der Waals surface area contributed by atoms with Gasteiger partial charge in [-0.05, 0) is 34.1 Å². The molecule has 0 aliphatic rings. The second kappa shape index (κ2) is 8.49. The summed E-state index contributed by atoms with van der Waals surface area (Å²) in [7, 11) is 1.49. The number of ether oxygens (including phenoxy) is 1. The average Bonchev–Trinajstić information content (AvgIpc) is 2.99. The van der Waals surface area contributed by atoms with Crippen molar-refractivity contribution in [2.45, 2.75) is 6.18 Å². The van der Waals surface area contributed by atoms with Crippen LogP contribution in [0.15, 0.2) is 34.2 Å². The van der Waals surface area contributed by atoms with E-state index in [4.69, 9.17) is 0 Å². The lowest BCUT2D eigenvalue weighted by Crippen LogP contribution is -2.34. The third-order valence-corrected chi connectivity index (χ3v) is 4.53. The highest BCUT2D eigenvalue weighted by Gasteiger charge is 2.28. The number of thiophene rings is 1. The summed E-state index contributed by atoms with van der Waals surface area (Å²) in [5.74, 6) is -0.983. The van der Waals surface area contributed by atoms with E-state index < -0.39 is 18.7 Å². The second-order valence-electron chi connectivity index (χ2n) is 5.10. The van der Waals surface area contributed by atoms with E-state index in [1.54, 1.807) is 12.1 Å². The maximum atomic E-state index is 12.2. The average molecular weight is 452 g/mol. The van der Waals surface area contributed by atoms with Gasteiger partial charge in [0.15, 0.2) is 6.61 Å². The summed E-state index contributed by atoms with van der Waals surface area (Å²) in [6.07, 6.45) is -3.29. The minimum absolute atomic E-state index is 0.194. The number of anilines is 1. The Morgan fingerprint density at radius 2 is 2.04 bits per heavy atom. The van der Waals surface area contributed by atoms with Crippen LogP contribution < -0.4 is 10.1 Å². The van der Waals surface area contributed by atoms with Gasteiger partial charge in [-0.15, -0.1) is 11.3 Å². The molecule has 26 heavy (non-hydrogen) atoms. The van der Waals surface area contributed by atoms with E-state index in [0.29, 0.717) is 4.88 Å². The number of nitrogens with zero attached hydrogens (tertiary/aromatic N) is 2. The normalized spacial score (nSPS) is 11.1. The molecule has 0 radical (unpaired) electrons. The van der Waals surface area contributed by atoms with E-state index in [-0.39, 0.29) is 24.0 Å². The standard InChI is InChI=1S/C15H13BrF3N3O3S/c1-22(14(24)10-3-4-11(16)26-10)7-12(23)21-9-2-5-13(20-6-9)25-8-15(17,18)19/h2-6H,7-8H2,1H3,(H,21,23). The number of pyridine rings is 1. The molecular formula is C15H13BrF3N3O3S. The predicted octanol–water partition coefficient (Wildman–Crippen LogP) is 3.56. The second-order valence-corrected chi connectivity index (χ2v) is 7.57. The fraction of sp³-hybridized carbons (Fsp3) is 0.267. The largest absolute Gasteiger partial charge is 0.468 e. The van der Waals surface area contributed by atoms with E-state index in [2.05, 4.69) is 31.0 Å². The number of hydrogen-bond acceptors (Lipinski definition) is 5. The summed E-state index contributed by atoms with van der Waals surface area (Å²) in [5, 5.41) is 2.50. The predicted molar refractivity (Wildman–Crippen MR) is 93.4 cm³/mol. The lowest BCUT2D eigenvalue weighted by Gasteiger charge is -2.16. The van der Waals surface area contributed by atoms with Gasteiger partial charge in [0.2, 0.25) is 11.8 Å². The quantitative estimate of drug-likeness (QED) is 0.728. The van der Waals surface area contributed by atoms with Gasteiger partial charge >= 0.3 is 6.18 Å². The van der Waals surface area contributed by atoms with E-state index in [1.807, 2.05) is 0 Å². The first-order valence-corrected chi connectivity index (χ1v) is 8.71. The van der Waals surface area contributed by atoms with Gasteiger partial charge in [0.1, 0.15) is 0 Å². The molecule has 0 bridgehead atoms. The molecular weight excluding hydrogens is 439 g/mol. The smallest absolute Gasteiger partial charge is 0.422 e. The van der Waals surface area contributed by atoms with Crippen molar-refractivity contribution in [3.05, 3.63) is 39.1 Å². The number of aromatic nitrogens is 1. The molecule has 0 aliphatic heterocycles. The maximum absolute atomic E-state index is 12.2. The Morgan fingerprint density at radius 3 is 2.58 bits per heavy atom. The van der Waals surface area contributed by atoms with Crippen molar-refractivity contribution in [3.8, 4) is 5.88 Å². The monoisotopic (exact) mass is 451 g/mol. The molecule has 2 aromatic rings. The van der Waals surface area contributed by atoms with Gasteiger partial charge in [-0.3, -0.25) is 9.59 Å². The van der Waals surface area contributed by atoms with Crippen LogP contribution >= 0.6 is 27.3 Å². The summed E-state index contributed by atoms with van der Waals surface area (Å²) in [6.45, 7) is -1.64. The van der Waals surface area contributed by atoms with Crippen LogP contribution in [0.1, 0.15) is 9.67 Å². The number of likely N-dealkylation sites (N-methyl/N-ethyl adjacent to an activating group) is 1. The molecule has 0 aliphatic carbocycles. The van der Waals surface area contributed by atoms with Crippen molar-refractivity contribution in [2.75, 3.05) is 25.5 Å². The number of nitrogens with one attached hydrogen (secondary N) is 1. The van der Waals surface area contributed by atoms with Crippen molar-refractivity contribution in [1.29, 1.82) is 0 Å². The molecule has 11 heteroatoms. The van der Waals surface area contributed by atoms with Gasteiger partial charge in [0, 0.05) is 13.1 Å². The lowest BCUT2D eigenvalue weighted by atomic mass is 10.3. The Morgan fingerprint density at radius 1 is 1.31 bits per heavy atom. The molecule has 2 aromatic heterocycles. The molecule has 6 nitrogen and oxygen atoms in total. The van der Waals surface area contributed by atoms with E-state index in [0.717, 1.165) is 3.79 Å². The van der Waals surface area contributed by atoms with Crippen LogP contribution in [-0.4, -0.2) is 48.1 Å². The zero-order valence-corrected chi connectivity index (χ0v) is 15.7. The Balaban J connectivity index is 1.86. The van der Waals surface area contributed by atoms with Crippen LogP contribution in [0.3, 0.4) is 0 Å². The fourth-order valence-electron chi connectivity index (χ4n) is 1.80. The van der Waals surface area contributed by atoms with Crippen molar-refractivity contribution >= 4 is 44.8 Å². The zero-order chi connectivity index (χ0) is 19.3. The summed E-state index contributed by atoms with van der Waals surface area (Å²) < 4.78 is 41.5. The third kappa shape index (κ3) is 6.30. The molecule has 0 fully saturated rings. The van der Waals surface area contributed by atoms with Crippen LogP contribution in [0.4, 0.5) is 18.9 Å². The maximum Gasteiger partial charge on any atom is 0.422 e. The molecule has 0 unspecified atom stereocenters. The highest BCUT2D eigenvalue weighted by atomic mass is 79.9. The minimum atomic E-state index is -4.45. The number of carbonyl (C=O) groups is 2. The third-order valence-electron chi connectivity index (χ3n) is 2.92. The fourth-order valence-corrected chi connectivity index (χ4v) is 3.18. The number of rotatable bonds is 6. The van der Waals surface area contributed by atoms with E-state index in [9.17, 15) is 22.8 Å². The Hall–Kier alpha value is -2.14. The number of halogens is 4. The Bertz CT molecular complexity index is 780. The van der Waals surface area contributed by atoms with Crippen LogP contribution in [0.2, 0.25) is 0 Å².